The summed E-state index contributed by atoms with van der Waals surface area (Å²) in [5.74, 6) is 0.784. The quantitative estimate of drug-likeness (QED) is 0.458. The van der Waals surface area contributed by atoms with Gasteiger partial charge in [-0.1, -0.05) is 6.42 Å². The normalized spacial score (nSPS) is 11.1. The molecule has 0 aliphatic rings. The van der Waals surface area contributed by atoms with Crippen molar-refractivity contribution in [2.24, 2.45) is 5.92 Å². The molecule has 0 aliphatic carbocycles. The first-order chi connectivity index (χ1) is 6.35. The van der Waals surface area contributed by atoms with Gasteiger partial charge < -0.3 is 16.0 Å². The molecule has 0 bridgehead atoms. The zero-order chi connectivity index (χ0) is 9.94. The minimum atomic E-state index is 0.784. The third kappa shape index (κ3) is 8.22. The monoisotopic (exact) mass is 187 g/mol. The second-order valence-electron chi connectivity index (χ2n) is 3.58. The SMILES string of the molecule is CNCCCCC(CNC)CNC. The van der Waals surface area contributed by atoms with Gasteiger partial charge in [-0.15, -0.1) is 0 Å². The minimum Gasteiger partial charge on any atom is -0.320 e. The second-order valence-corrected chi connectivity index (χ2v) is 3.58. The summed E-state index contributed by atoms with van der Waals surface area (Å²) in [7, 11) is 6.06. The molecule has 0 saturated carbocycles. The van der Waals surface area contributed by atoms with E-state index in [1.807, 2.05) is 21.1 Å². The Labute approximate surface area is 82.7 Å². The van der Waals surface area contributed by atoms with Crippen LogP contribution >= 0.6 is 0 Å². The summed E-state index contributed by atoms with van der Waals surface area (Å²) in [6.07, 6.45) is 3.94. The first-order valence-corrected chi connectivity index (χ1v) is 5.29. The van der Waals surface area contributed by atoms with Crippen molar-refractivity contribution >= 4 is 0 Å². The van der Waals surface area contributed by atoms with Gasteiger partial charge in [-0.05, 0) is 59.5 Å². The van der Waals surface area contributed by atoms with Crippen LogP contribution < -0.4 is 16.0 Å². The highest BCUT2D eigenvalue weighted by atomic mass is 14.9. The van der Waals surface area contributed by atoms with Crippen LogP contribution in [0.5, 0.6) is 0 Å². The molecular weight excluding hydrogens is 162 g/mol. The van der Waals surface area contributed by atoms with Crippen LogP contribution in [-0.2, 0) is 0 Å². The molecule has 0 saturated heterocycles. The lowest BCUT2D eigenvalue weighted by molar-refractivity contribution is 0.425. The van der Waals surface area contributed by atoms with E-state index in [1.165, 1.54) is 19.3 Å². The molecule has 3 N–H and O–H groups in total. The molecule has 80 valence electrons. The molecule has 0 heterocycles. The number of nitrogens with one attached hydrogen (secondary N) is 3. The summed E-state index contributed by atoms with van der Waals surface area (Å²) < 4.78 is 0. The van der Waals surface area contributed by atoms with Crippen LogP contribution in [0.3, 0.4) is 0 Å². The molecule has 0 aromatic heterocycles. The average Bonchev–Trinajstić information content (AvgIpc) is 2.13. The molecule has 0 unspecified atom stereocenters. The van der Waals surface area contributed by atoms with Crippen LogP contribution in [0.25, 0.3) is 0 Å². The van der Waals surface area contributed by atoms with Crippen LogP contribution in [0, 0.1) is 5.92 Å². The zero-order valence-electron chi connectivity index (χ0n) is 9.32. The molecule has 0 fully saturated rings. The predicted octanol–water partition coefficient (Wildman–Crippen LogP) is 0.431. The van der Waals surface area contributed by atoms with E-state index in [0.717, 1.165) is 25.6 Å². The second kappa shape index (κ2) is 9.96. The Morgan fingerprint density at radius 2 is 1.46 bits per heavy atom. The van der Waals surface area contributed by atoms with Gasteiger partial charge in [0.05, 0.1) is 0 Å². The molecule has 0 spiro atoms. The van der Waals surface area contributed by atoms with Gasteiger partial charge >= 0.3 is 0 Å². The summed E-state index contributed by atoms with van der Waals surface area (Å²) in [4.78, 5) is 0. The lowest BCUT2D eigenvalue weighted by Gasteiger charge is -2.15. The summed E-state index contributed by atoms with van der Waals surface area (Å²) in [5, 5.41) is 9.65. The van der Waals surface area contributed by atoms with E-state index in [0.29, 0.717) is 0 Å². The summed E-state index contributed by atoms with van der Waals surface area (Å²) in [6, 6.07) is 0. The topological polar surface area (TPSA) is 36.1 Å². The van der Waals surface area contributed by atoms with E-state index in [9.17, 15) is 0 Å². The van der Waals surface area contributed by atoms with Gasteiger partial charge in [0.2, 0.25) is 0 Å². The van der Waals surface area contributed by atoms with Crippen molar-refractivity contribution in [1.29, 1.82) is 0 Å². The highest BCUT2D eigenvalue weighted by molar-refractivity contribution is 4.63. The van der Waals surface area contributed by atoms with E-state index in [-0.39, 0.29) is 0 Å². The molecule has 0 rings (SSSR count). The van der Waals surface area contributed by atoms with E-state index in [2.05, 4.69) is 16.0 Å². The predicted molar refractivity (Wildman–Crippen MR) is 59.1 cm³/mol. The highest BCUT2D eigenvalue weighted by Crippen LogP contribution is 2.06. The first-order valence-electron chi connectivity index (χ1n) is 5.29. The van der Waals surface area contributed by atoms with Crippen molar-refractivity contribution < 1.29 is 0 Å². The molecule has 0 aromatic carbocycles. The van der Waals surface area contributed by atoms with Gasteiger partial charge in [-0.25, -0.2) is 0 Å². The van der Waals surface area contributed by atoms with Gasteiger partial charge in [0.25, 0.3) is 0 Å². The fourth-order valence-electron chi connectivity index (χ4n) is 1.59. The first kappa shape index (κ1) is 12.9. The lowest BCUT2D eigenvalue weighted by Crippen LogP contribution is -2.28. The van der Waals surface area contributed by atoms with Crippen LogP contribution in [0.15, 0.2) is 0 Å². The highest BCUT2D eigenvalue weighted by Gasteiger charge is 2.05. The molecule has 0 radical (unpaired) electrons. The fourth-order valence-corrected chi connectivity index (χ4v) is 1.59. The molecular formula is C10H25N3. The van der Waals surface area contributed by atoms with Crippen molar-refractivity contribution in [3.63, 3.8) is 0 Å². The molecule has 3 nitrogen and oxygen atoms in total. The van der Waals surface area contributed by atoms with Crippen molar-refractivity contribution in [2.75, 3.05) is 40.8 Å². The third-order valence-electron chi connectivity index (χ3n) is 2.27. The summed E-state index contributed by atoms with van der Waals surface area (Å²) in [5.41, 5.74) is 0. The van der Waals surface area contributed by atoms with Crippen LogP contribution in [0.4, 0.5) is 0 Å². The van der Waals surface area contributed by atoms with Crippen molar-refractivity contribution in [3.8, 4) is 0 Å². The largest absolute Gasteiger partial charge is 0.320 e. The van der Waals surface area contributed by atoms with E-state index in [1.54, 1.807) is 0 Å². The van der Waals surface area contributed by atoms with E-state index < -0.39 is 0 Å². The molecule has 13 heavy (non-hydrogen) atoms. The molecule has 0 aliphatic heterocycles. The van der Waals surface area contributed by atoms with E-state index in [4.69, 9.17) is 0 Å². The Kier molecular flexibility index (Phi) is 9.87. The van der Waals surface area contributed by atoms with Gasteiger partial charge in [0, 0.05) is 0 Å². The smallest absolute Gasteiger partial charge is 0.00114 e. The maximum Gasteiger partial charge on any atom is -0.00114 e. The number of hydrogen-bond acceptors (Lipinski definition) is 3. The van der Waals surface area contributed by atoms with Gasteiger partial charge in [0.1, 0.15) is 0 Å². The van der Waals surface area contributed by atoms with Crippen LogP contribution in [0.2, 0.25) is 0 Å². The Morgan fingerprint density at radius 1 is 0.846 bits per heavy atom. The van der Waals surface area contributed by atoms with Crippen molar-refractivity contribution in [2.45, 2.75) is 19.3 Å². The van der Waals surface area contributed by atoms with Crippen LogP contribution in [0.1, 0.15) is 19.3 Å². The number of unbranched alkanes of at least 4 members (excludes halogenated alkanes) is 1. The molecule has 0 aromatic rings. The van der Waals surface area contributed by atoms with Crippen molar-refractivity contribution in [3.05, 3.63) is 0 Å². The third-order valence-corrected chi connectivity index (χ3v) is 2.27. The maximum atomic E-state index is 3.24. The zero-order valence-corrected chi connectivity index (χ0v) is 9.32. The Morgan fingerprint density at radius 3 is 1.92 bits per heavy atom. The molecule has 3 heteroatoms. The maximum absolute atomic E-state index is 3.24. The summed E-state index contributed by atoms with van der Waals surface area (Å²) >= 11 is 0. The van der Waals surface area contributed by atoms with Gasteiger partial charge in [-0.3, -0.25) is 0 Å². The molecule has 0 atom stereocenters. The van der Waals surface area contributed by atoms with Crippen LogP contribution in [-0.4, -0.2) is 40.8 Å². The molecule has 0 amide bonds. The number of rotatable bonds is 9. The van der Waals surface area contributed by atoms with Gasteiger partial charge in [0.15, 0.2) is 0 Å². The van der Waals surface area contributed by atoms with Crippen molar-refractivity contribution in [1.82, 2.24) is 16.0 Å². The average molecular weight is 187 g/mol. The Balaban J connectivity index is 3.33. The number of hydrogen-bond donors (Lipinski definition) is 3. The fraction of sp³-hybridized carbons (Fsp3) is 1.00. The lowest BCUT2D eigenvalue weighted by atomic mass is 10.0. The van der Waals surface area contributed by atoms with E-state index >= 15 is 0 Å². The standard InChI is InChI=1S/C10H25N3/c1-11-7-5-4-6-10(8-12-2)9-13-3/h10-13H,4-9H2,1-3H3. The Hall–Kier alpha value is -0.120. The Bertz CT molecular complexity index is 90.2. The summed E-state index contributed by atoms with van der Waals surface area (Å²) in [6.45, 7) is 3.40. The minimum absolute atomic E-state index is 0.784. The van der Waals surface area contributed by atoms with Gasteiger partial charge in [-0.2, -0.15) is 0 Å².